The molecule has 4 aliphatic carbocycles. The van der Waals surface area contributed by atoms with Gasteiger partial charge in [0.2, 0.25) is 0 Å². The molecule has 127 heavy (non-hydrogen) atoms. The Balaban J connectivity index is 0.000000386. The summed E-state index contributed by atoms with van der Waals surface area (Å²) >= 11 is 0. The molecular formula is C107H205N7O13. The average Bonchev–Trinajstić information content (AvgIpc) is 0.750. The first-order valence-corrected chi connectivity index (χ1v) is 54.8. The summed E-state index contributed by atoms with van der Waals surface area (Å²) < 4.78 is 37.9. The van der Waals surface area contributed by atoms with Crippen molar-refractivity contribution in [2.24, 2.45) is 17.8 Å². The van der Waals surface area contributed by atoms with Crippen molar-refractivity contribution >= 4 is 35.8 Å². The lowest BCUT2D eigenvalue weighted by atomic mass is 9.54. The zero-order chi connectivity index (χ0) is 91.6. The van der Waals surface area contributed by atoms with Gasteiger partial charge < -0.3 is 43.0 Å². The second-order valence-corrected chi connectivity index (χ2v) is 39.4. The standard InChI is InChI=1S/C21H37NO2.C19H37NO2.C17H33NO2.C15H29NO2.C13H25NO2.C11H21NO2.C11H23NO/c1-3-5-8-22(9-6-4-2)10-7-20(23)24-21-14-17-11-18(15-21)13-19(12-17)16-21;1-2-3-4-5-6-7-8-9-10-14-17-22-19(21)18-20-15-12-11-13-16-20;1-2-3-4-5-6-7-8-12-15-20-17(19)16-18-13-10-9-11-14-18;1-2-3-4-5-6-10-13-18-15(17)14-16-11-8-7-9-12-16;1-2-3-4-8-11-16-13(15)12-14-9-6-5-7-10-14;1-2-3-9-14-11(13)10-12-7-5-4-6-8-12;1-2-3-10-13-11-9-12-7-5-4-6-8-12/h17-19H,3-16H2,1-2H3;2-18H2,1H3;2-16H2,1H3;2-14H2,1H3;2-12H2,1H3;2-10H2,1H3;2-11H2,1H3. The molecule has 4 saturated carbocycles. The highest BCUT2D eigenvalue weighted by atomic mass is 16.6. The van der Waals surface area contributed by atoms with Crippen molar-refractivity contribution < 1.29 is 61.9 Å². The normalized spacial score (nSPS) is 20.2. The molecule has 10 aliphatic rings. The van der Waals surface area contributed by atoms with Gasteiger partial charge in [0.25, 0.3) is 0 Å². The molecule has 0 aromatic rings. The molecule has 0 N–H and O–H groups in total. The largest absolute Gasteiger partial charge is 0.465 e. The average molecular weight is 1800 g/mol. The predicted octanol–water partition coefficient (Wildman–Crippen LogP) is 24.0. The maximum atomic E-state index is 12.5. The number of nitrogens with zero attached hydrogens (tertiary/aromatic N) is 7. The molecule has 746 valence electrons. The molecule has 0 unspecified atom stereocenters. The van der Waals surface area contributed by atoms with Crippen LogP contribution in [0, 0.1) is 17.8 Å². The molecule has 20 heteroatoms. The minimum absolute atomic E-state index is 0.0298. The number of esters is 6. The molecule has 0 radical (unpaired) electrons. The fraction of sp³-hybridized carbons (Fsp3) is 0.944. The van der Waals surface area contributed by atoms with Crippen molar-refractivity contribution in [2.75, 3.05) is 184 Å². The Morgan fingerprint density at radius 1 is 0.244 bits per heavy atom. The lowest BCUT2D eigenvalue weighted by Gasteiger charge is -2.55. The summed E-state index contributed by atoms with van der Waals surface area (Å²) in [6.07, 6.45) is 76.1. The van der Waals surface area contributed by atoms with Gasteiger partial charge in [0, 0.05) is 19.7 Å². The van der Waals surface area contributed by atoms with Crippen molar-refractivity contribution in [2.45, 2.75) is 453 Å². The van der Waals surface area contributed by atoms with Crippen molar-refractivity contribution in [3.05, 3.63) is 0 Å². The lowest BCUT2D eigenvalue weighted by Crippen LogP contribution is -2.52. The van der Waals surface area contributed by atoms with Gasteiger partial charge in [-0.1, -0.05) is 274 Å². The molecule has 10 rings (SSSR count). The smallest absolute Gasteiger partial charge is 0.320 e. The summed E-state index contributed by atoms with van der Waals surface area (Å²) in [6, 6.07) is 0. The predicted molar refractivity (Wildman–Crippen MR) is 527 cm³/mol. The van der Waals surface area contributed by atoms with Gasteiger partial charge in [-0.25, -0.2) is 0 Å². The fourth-order valence-electron chi connectivity index (χ4n) is 19.6. The Labute approximate surface area is 781 Å². The van der Waals surface area contributed by atoms with E-state index in [9.17, 15) is 28.8 Å². The van der Waals surface area contributed by atoms with E-state index in [4.69, 9.17) is 33.2 Å². The second-order valence-electron chi connectivity index (χ2n) is 39.4. The summed E-state index contributed by atoms with van der Waals surface area (Å²) in [5, 5.41) is 0. The fourth-order valence-corrected chi connectivity index (χ4v) is 19.6. The third-order valence-corrected chi connectivity index (χ3v) is 27.1. The molecule has 6 aliphatic heterocycles. The Kier molecular flexibility index (Phi) is 78.1. The Hall–Kier alpha value is -3.50. The van der Waals surface area contributed by atoms with E-state index in [2.05, 4.69) is 89.7 Å². The van der Waals surface area contributed by atoms with Crippen molar-refractivity contribution in [1.82, 2.24) is 34.3 Å². The van der Waals surface area contributed by atoms with Crippen LogP contribution in [0.3, 0.4) is 0 Å². The molecule has 10 fully saturated rings. The summed E-state index contributed by atoms with van der Waals surface area (Å²) in [5.41, 5.74) is -0.0660. The van der Waals surface area contributed by atoms with Crippen molar-refractivity contribution in [1.29, 1.82) is 0 Å². The second kappa shape index (κ2) is 84.3. The van der Waals surface area contributed by atoms with Crippen LogP contribution in [-0.2, 0) is 61.9 Å². The zero-order valence-corrected chi connectivity index (χ0v) is 84.6. The van der Waals surface area contributed by atoms with Crippen LogP contribution in [-0.4, -0.2) is 259 Å². The highest BCUT2D eigenvalue weighted by Crippen LogP contribution is 2.57. The zero-order valence-electron chi connectivity index (χ0n) is 84.6. The molecule has 0 spiro atoms. The van der Waals surface area contributed by atoms with E-state index in [-0.39, 0.29) is 41.4 Å². The van der Waals surface area contributed by atoms with Gasteiger partial charge in [-0.2, -0.15) is 0 Å². The molecule has 6 saturated heterocycles. The van der Waals surface area contributed by atoms with E-state index in [1.807, 2.05) is 0 Å². The Morgan fingerprint density at radius 3 is 0.740 bits per heavy atom. The van der Waals surface area contributed by atoms with Crippen molar-refractivity contribution in [3.63, 3.8) is 0 Å². The third-order valence-electron chi connectivity index (χ3n) is 27.1. The molecule has 0 amide bonds. The van der Waals surface area contributed by atoms with E-state index in [0.717, 1.165) is 180 Å². The number of likely N-dealkylation sites (tertiary alicyclic amines) is 6. The minimum atomic E-state index is -0.0660. The van der Waals surface area contributed by atoms with Crippen LogP contribution < -0.4 is 0 Å². The molecular weight excluding hydrogens is 1590 g/mol. The molecule has 0 aromatic heterocycles. The summed E-state index contributed by atoms with van der Waals surface area (Å²) in [4.78, 5) is 86.3. The van der Waals surface area contributed by atoms with Crippen LogP contribution in [0.25, 0.3) is 0 Å². The summed E-state index contributed by atoms with van der Waals surface area (Å²) in [6.45, 7) is 42.5. The van der Waals surface area contributed by atoms with Gasteiger partial charge in [-0.15, -0.1) is 0 Å². The number of unbranched alkanes of at least 4 members (excludes halogenated alkanes) is 28. The van der Waals surface area contributed by atoms with E-state index >= 15 is 0 Å². The van der Waals surface area contributed by atoms with Gasteiger partial charge in [0.15, 0.2) is 0 Å². The van der Waals surface area contributed by atoms with Crippen LogP contribution in [0.5, 0.6) is 0 Å². The maximum Gasteiger partial charge on any atom is 0.320 e. The van der Waals surface area contributed by atoms with Gasteiger partial charge in [-0.05, 0) is 276 Å². The number of rotatable bonds is 61. The van der Waals surface area contributed by atoms with E-state index in [1.54, 1.807) is 0 Å². The highest BCUT2D eigenvalue weighted by Gasteiger charge is 2.53. The first kappa shape index (κ1) is 118. The molecule has 6 heterocycles. The monoisotopic (exact) mass is 1800 g/mol. The van der Waals surface area contributed by atoms with Gasteiger partial charge in [0.05, 0.1) is 78.8 Å². The van der Waals surface area contributed by atoms with Gasteiger partial charge in [-0.3, -0.25) is 53.3 Å². The van der Waals surface area contributed by atoms with Crippen LogP contribution in [0.15, 0.2) is 0 Å². The minimum Gasteiger partial charge on any atom is -0.465 e. The van der Waals surface area contributed by atoms with Crippen LogP contribution in [0.2, 0.25) is 0 Å². The summed E-state index contributed by atoms with van der Waals surface area (Å²) in [7, 11) is 0. The van der Waals surface area contributed by atoms with E-state index < -0.39 is 0 Å². The number of piperidine rings is 6. The number of ether oxygens (including phenoxy) is 7. The SMILES string of the molecule is CCCCCCCCCCCCOC(=O)CN1CCCCC1.CCCCCCCCCCOC(=O)CN1CCCCC1.CCCCCCCCOC(=O)CN1CCCCC1.CCCCCCOC(=O)CN1CCCCC1.CCCCN(CCCC)CCC(=O)OC12CC3CC(CC(C3)C1)C2.CCCCOC(=O)CN1CCCCC1.CCCCOCCN1CCCCC1. The molecule has 0 atom stereocenters. The quantitative estimate of drug-likeness (QED) is 0.0317. The number of carbonyl (C=O) groups excluding carboxylic acids is 6. The number of carbonyl (C=O) groups is 6. The van der Waals surface area contributed by atoms with Gasteiger partial charge in [0.1, 0.15) is 5.60 Å². The first-order valence-electron chi connectivity index (χ1n) is 54.8. The molecule has 4 bridgehead atoms. The third kappa shape index (κ3) is 68.2. The van der Waals surface area contributed by atoms with Gasteiger partial charge >= 0.3 is 35.8 Å². The van der Waals surface area contributed by atoms with Crippen LogP contribution >= 0.6 is 0 Å². The topological polar surface area (TPSA) is 190 Å². The molecule has 20 nitrogen and oxygen atoms in total. The van der Waals surface area contributed by atoms with Crippen molar-refractivity contribution in [3.8, 4) is 0 Å². The van der Waals surface area contributed by atoms with Crippen LogP contribution in [0.1, 0.15) is 447 Å². The number of hydrogen-bond acceptors (Lipinski definition) is 20. The number of hydrogen-bond donors (Lipinski definition) is 0. The highest BCUT2D eigenvalue weighted by molar-refractivity contribution is 5.73. The van der Waals surface area contributed by atoms with E-state index in [0.29, 0.717) is 72.2 Å². The maximum absolute atomic E-state index is 12.5. The van der Waals surface area contributed by atoms with E-state index in [1.165, 1.54) is 341 Å². The first-order chi connectivity index (χ1) is 62.2. The Morgan fingerprint density at radius 2 is 0.472 bits per heavy atom. The summed E-state index contributed by atoms with van der Waals surface area (Å²) in [5.74, 6) is 2.39. The lowest BCUT2D eigenvalue weighted by molar-refractivity contribution is -0.187. The molecule has 0 aromatic carbocycles. The Bertz CT molecular complexity index is 2480. The van der Waals surface area contributed by atoms with Crippen LogP contribution in [0.4, 0.5) is 0 Å².